The van der Waals surface area contributed by atoms with E-state index in [2.05, 4.69) is 15.7 Å². The number of carbonyl (C=O) groups is 3. The van der Waals surface area contributed by atoms with Gasteiger partial charge in [-0.05, 0) is 68.1 Å². The topological polar surface area (TPSA) is 90.9 Å². The lowest BCUT2D eigenvalue weighted by Gasteiger charge is -2.24. The maximum atomic E-state index is 12.7. The lowest BCUT2D eigenvalue weighted by atomic mass is 10.1. The predicted octanol–water partition coefficient (Wildman–Crippen LogP) is 3.77. The van der Waals surface area contributed by atoms with Crippen LogP contribution in [-0.4, -0.2) is 23.4 Å². The third-order valence-electron chi connectivity index (χ3n) is 5.25. The van der Waals surface area contributed by atoms with Crippen LogP contribution in [0.1, 0.15) is 36.8 Å². The van der Waals surface area contributed by atoms with E-state index in [0.717, 1.165) is 24.0 Å². The van der Waals surface area contributed by atoms with Crippen molar-refractivity contribution in [2.75, 3.05) is 15.6 Å². The van der Waals surface area contributed by atoms with Crippen LogP contribution in [0.2, 0.25) is 0 Å². The molecule has 30 heavy (non-hydrogen) atoms. The largest absolute Gasteiger partial charge is 0.326 e. The summed E-state index contributed by atoms with van der Waals surface area (Å²) >= 11 is 0. The molecule has 154 valence electrons. The first-order valence-corrected chi connectivity index (χ1v) is 10.1. The Kier molecular flexibility index (Phi) is 5.35. The molecule has 0 atom stereocenters. The molecular weight excluding hydrogens is 380 g/mol. The molecule has 1 aliphatic carbocycles. The molecular formula is C23H24N4O3. The number of benzene rings is 2. The highest BCUT2D eigenvalue weighted by Gasteiger charge is 2.29. The van der Waals surface area contributed by atoms with Gasteiger partial charge in [0.25, 0.3) is 5.91 Å². The molecule has 3 amide bonds. The number of hydrogen-bond donors (Lipinski definition) is 2. The second kappa shape index (κ2) is 8.10. The van der Waals surface area contributed by atoms with Crippen LogP contribution < -0.4 is 15.6 Å². The molecule has 0 radical (unpaired) electrons. The van der Waals surface area contributed by atoms with Crippen LogP contribution in [-0.2, 0) is 14.4 Å². The maximum absolute atomic E-state index is 12.7. The van der Waals surface area contributed by atoms with Gasteiger partial charge in [-0.2, -0.15) is 5.10 Å². The number of rotatable bonds is 5. The fourth-order valence-electron chi connectivity index (χ4n) is 3.28. The third kappa shape index (κ3) is 4.40. The van der Waals surface area contributed by atoms with Crippen LogP contribution in [0.5, 0.6) is 0 Å². The molecule has 0 aromatic heterocycles. The van der Waals surface area contributed by atoms with E-state index in [9.17, 15) is 14.4 Å². The fraction of sp³-hybridized carbons (Fsp3) is 0.304. The lowest BCUT2D eigenvalue weighted by Crippen LogP contribution is -2.36. The summed E-state index contributed by atoms with van der Waals surface area (Å²) in [6.45, 7) is 3.86. The van der Waals surface area contributed by atoms with Gasteiger partial charge in [-0.1, -0.05) is 12.1 Å². The minimum Gasteiger partial charge on any atom is -0.326 e. The summed E-state index contributed by atoms with van der Waals surface area (Å²) in [6.07, 6.45) is 2.42. The van der Waals surface area contributed by atoms with Gasteiger partial charge in [-0.3, -0.25) is 14.4 Å². The first-order valence-electron chi connectivity index (χ1n) is 10.1. The second-order valence-electron chi connectivity index (χ2n) is 7.84. The maximum Gasteiger partial charge on any atom is 0.271 e. The average Bonchev–Trinajstić information content (AvgIpc) is 3.57. The van der Waals surface area contributed by atoms with Gasteiger partial charge >= 0.3 is 0 Å². The molecule has 0 unspecified atom stereocenters. The Balaban J connectivity index is 1.46. The number of carbonyl (C=O) groups excluding carboxylic acids is 3. The lowest BCUT2D eigenvalue weighted by molar-refractivity contribution is -0.119. The van der Waals surface area contributed by atoms with E-state index in [1.165, 1.54) is 5.01 Å². The third-order valence-corrected chi connectivity index (χ3v) is 5.25. The molecule has 1 fully saturated rings. The van der Waals surface area contributed by atoms with Gasteiger partial charge < -0.3 is 10.6 Å². The Bertz CT molecular complexity index is 1040. The number of aryl methyl sites for hydroxylation is 2. The standard InChI is InChI=1S/C23H24N4O3/c1-14-3-4-15(2)20(13-14)27-21(28)12-11-19(26-27)23(30)25-18-9-7-17(8-10-18)24-22(29)16-5-6-16/h3-4,7-10,13,16H,5-6,11-12H2,1-2H3,(H,24,29)(H,25,30). The SMILES string of the molecule is Cc1ccc(C)c(N2N=C(C(=O)Nc3ccc(NC(=O)C4CC4)cc3)CCC2=O)c1. The molecule has 0 saturated heterocycles. The van der Waals surface area contributed by atoms with Crippen LogP contribution in [0.4, 0.5) is 17.1 Å². The summed E-state index contributed by atoms with van der Waals surface area (Å²) in [7, 11) is 0. The van der Waals surface area contributed by atoms with E-state index >= 15 is 0 Å². The molecule has 4 rings (SSSR count). The van der Waals surface area contributed by atoms with Gasteiger partial charge in [0.1, 0.15) is 5.71 Å². The summed E-state index contributed by atoms with van der Waals surface area (Å²) in [5.74, 6) is -0.292. The van der Waals surface area contributed by atoms with Crippen LogP contribution in [0.15, 0.2) is 47.6 Å². The molecule has 1 heterocycles. The van der Waals surface area contributed by atoms with Crippen LogP contribution in [0.3, 0.4) is 0 Å². The van der Waals surface area contributed by atoms with Gasteiger partial charge in [0.2, 0.25) is 11.8 Å². The van der Waals surface area contributed by atoms with Gasteiger partial charge in [-0.25, -0.2) is 5.01 Å². The quantitative estimate of drug-likeness (QED) is 0.795. The van der Waals surface area contributed by atoms with Crippen molar-refractivity contribution in [3.05, 3.63) is 53.6 Å². The average molecular weight is 404 g/mol. The zero-order valence-corrected chi connectivity index (χ0v) is 17.1. The number of hydrogen-bond acceptors (Lipinski definition) is 4. The van der Waals surface area contributed by atoms with Gasteiger partial charge in [0.05, 0.1) is 5.69 Å². The highest BCUT2D eigenvalue weighted by molar-refractivity contribution is 6.44. The van der Waals surface area contributed by atoms with Crippen LogP contribution in [0.25, 0.3) is 0 Å². The van der Waals surface area contributed by atoms with Crippen molar-refractivity contribution < 1.29 is 14.4 Å². The Morgan fingerprint density at radius 2 is 1.63 bits per heavy atom. The van der Waals surface area contributed by atoms with E-state index in [4.69, 9.17) is 0 Å². The van der Waals surface area contributed by atoms with E-state index in [1.54, 1.807) is 24.3 Å². The molecule has 0 spiro atoms. The molecule has 7 heteroatoms. The van der Waals surface area contributed by atoms with Crippen LogP contribution >= 0.6 is 0 Å². The Labute approximate surface area is 175 Å². The van der Waals surface area contributed by atoms with Crippen molar-refractivity contribution >= 4 is 40.5 Å². The number of hydrazone groups is 1. The minimum atomic E-state index is -0.340. The smallest absolute Gasteiger partial charge is 0.271 e. The van der Waals surface area contributed by atoms with Gasteiger partial charge in [0, 0.05) is 30.1 Å². The summed E-state index contributed by atoms with van der Waals surface area (Å²) in [5, 5.41) is 11.4. The highest BCUT2D eigenvalue weighted by Crippen LogP contribution is 2.30. The highest BCUT2D eigenvalue weighted by atomic mass is 16.2. The molecule has 0 bridgehead atoms. The molecule has 7 nitrogen and oxygen atoms in total. The number of nitrogens with one attached hydrogen (secondary N) is 2. The second-order valence-corrected chi connectivity index (χ2v) is 7.84. The number of amides is 3. The van der Waals surface area contributed by atoms with Crippen molar-refractivity contribution in [2.24, 2.45) is 11.0 Å². The van der Waals surface area contributed by atoms with Gasteiger partial charge in [0.15, 0.2) is 0 Å². The first-order chi connectivity index (χ1) is 14.4. The molecule has 2 aromatic rings. The molecule has 2 N–H and O–H groups in total. The van der Waals surface area contributed by atoms with Crippen molar-refractivity contribution in [3.63, 3.8) is 0 Å². The van der Waals surface area contributed by atoms with Crippen molar-refractivity contribution in [2.45, 2.75) is 39.5 Å². The monoisotopic (exact) mass is 404 g/mol. The zero-order chi connectivity index (χ0) is 21.3. The number of anilines is 3. The molecule has 2 aromatic carbocycles. The molecule has 1 aliphatic heterocycles. The normalized spacial score (nSPS) is 16.1. The van der Waals surface area contributed by atoms with Gasteiger partial charge in [-0.15, -0.1) is 0 Å². The summed E-state index contributed by atoms with van der Waals surface area (Å²) in [5.41, 5.74) is 4.24. The zero-order valence-electron chi connectivity index (χ0n) is 17.1. The predicted molar refractivity (Wildman–Crippen MR) is 116 cm³/mol. The summed E-state index contributed by atoms with van der Waals surface area (Å²) in [4.78, 5) is 37.0. The summed E-state index contributed by atoms with van der Waals surface area (Å²) < 4.78 is 0. The van der Waals surface area contributed by atoms with E-state index < -0.39 is 0 Å². The Morgan fingerprint density at radius 3 is 2.30 bits per heavy atom. The Hall–Kier alpha value is -3.48. The Morgan fingerprint density at radius 1 is 0.967 bits per heavy atom. The number of nitrogens with zero attached hydrogens (tertiary/aromatic N) is 2. The fourth-order valence-corrected chi connectivity index (χ4v) is 3.28. The first kappa shape index (κ1) is 19.8. The molecule has 1 saturated carbocycles. The van der Waals surface area contributed by atoms with Crippen LogP contribution in [0, 0.1) is 19.8 Å². The van der Waals surface area contributed by atoms with Crippen molar-refractivity contribution in [1.82, 2.24) is 0 Å². The molecule has 2 aliphatic rings. The van der Waals surface area contributed by atoms with E-state index in [-0.39, 0.29) is 30.1 Å². The minimum absolute atomic E-state index is 0.0412. The van der Waals surface area contributed by atoms with E-state index in [0.29, 0.717) is 29.2 Å². The van der Waals surface area contributed by atoms with E-state index in [1.807, 2.05) is 32.0 Å². The summed E-state index contributed by atoms with van der Waals surface area (Å²) in [6, 6.07) is 12.8. The van der Waals surface area contributed by atoms with Crippen molar-refractivity contribution in [1.29, 1.82) is 0 Å². The van der Waals surface area contributed by atoms with Crippen molar-refractivity contribution in [3.8, 4) is 0 Å².